The number of aliphatic hydroxyl groups excluding tert-OH is 1. The highest BCUT2D eigenvalue weighted by Crippen LogP contribution is 2.24. The van der Waals surface area contributed by atoms with Crippen LogP contribution >= 0.6 is 0 Å². The van der Waals surface area contributed by atoms with E-state index in [-0.39, 0.29) is 24.4 Å². The van der Waals surface area contributed by atoms with Gasteiger partial charge in [0.25, 0.3) is 5.69 Å². The molecular formula is C15H21N3O4. The van der Waals surface area contributed by atoms with Gasteiger partial charge in [0, 0.05) is 30.0 Å². The van der Waals surface area contributed by atoms with Gasteiger partial charge in [-0.25, -0.2) is 4.79 Å². The predicted octanol–water partition coefficient (Wildman–Crippen LogP) is 2.58. The number of nitrogens with one attached hydrogen (secondary N) is 2. The maximum Gasteiger partial charge on any atom is 0.319 e. The normalized spacial score (nSPS) is 21.2. The lowest BCUT2D eigenvalue weighted by atomic mass is 9.87. The molecule has 1 aromatic rings. The minimum absolute atomic E-state index is 0.0354. The van der Waals surface area contributed by atoms with E-state index in [0.717, 1.165) is 25.7 Å². The molecule has 0 unspecified atom stereocenters. The van der Waals surface area contributed by atoms with E-state index in [1.54, 1.807) is 13.0 Å². The summed E-state index contributed by atoms with van der Waals surface area (Å²) in [6.45, 7) is 1.85. The number of amides is 2. The van der Waals surface area contributed by atoms with E-state index >= 15 is 0 Å². The second-order valence-electron chi connectivity index (χ2n) is 5.76. The fourth-order valence-electron chi connectivity index (χ4n) is 2.78. The van der Waals surface area contributed by atoms with Crippen LogP contribution in [0.1, 0.15) is 31.2 Å². The monoisotopic (exact) mass is 307 g/mol. The van der Waals surface area contributed by atoms with Gasteiger partial charge in [0.2, 0.25) is 0 Å². The fraction of sp³-hybridized carbons (Fsp3) is 0.533. The van der Waals surface area contributed by atoms with Crippen molar-refractivity contribution in [3.05, 3.63) is 33.9 Å². The summed E-state index contributed by atoms with van der Waals surface area (Å²) < 4.78 is 0. The minimum Gasteiger partial charge on any atom is -0.396 e. The molecule has 2 rings (SSSR count). The number of nitrogens with zero attached hydrogens (tertiary/aromatic N) is 1. The average Bonchev–Trinajstić information content (AvgIpc) is 2.47. The molecule has 0 aromatic heterocycles. The van der Waals surface area contributed by atoms with E-state index in [4.69, 9.17) is 5.11 Å². The number of carbonyl (C=O) groups is 1. The molecule has 1 fully saturated rings. The van der Waals surface area contributed by atoms with Gasteiger partial charge in [-0.1, -0.05) is 0 Å². The first-order chi connectivity index (χ1) is 10.5. The molecule has 0 radical (unpaired) electrons. The van der Waals surface area contributed by atoms with E-state index in [1.165, 1.54) is 12.1 Å². The Morgan fingerprint density at radius 1 is 1.36 bits per heavy atom. The zero-order valence-electron chi connectivity index (χ0n) is 12.5. The minimum atomic E-state index is -0.446. The Bertz CT molecular complexity index is 554. The molecular weight excluding hydrogens is 286 g/mol. The number of anilines is 1. The lowest BCUT2D eigenvalue weighted by molar-refractivity contribution is -0.385. The number of nitro benzene ring substituents is 1. The predicted molar refractivity (Wildman–Crippen MR) is 82.8 cm³/mol. The lowest BCUT2D eigenvalue weighted by Crippen LogP contribution is -2.40. The van der Waals surface area contributed by atoms with Gasteiger partial charge in [-0.2, -0.15) is 0 Å². The molecule has 1 aromatic carbocycles. The summed E-state index contributed by atoms with van der Waals surface area (Å²) in [5, 5.41) is 25.5. The molecule has 7 nitrogen and oxygen atoms in total. The molecule has 3 N–H and O–H groups in total. The fourth-order valence-corrected chi connectivity index (χ4v) is 2.78. The van der Waals surface area contributed by atoms with Crippen LogP contribution in [0.25, 0.3) is 0 Å². The van der Waals surface area contributed by atoms with Crippen molar-refractivity contribution in [3.8, 4) is 0 Å². The summed E-state index contributed by atoms with van der Waals surface area (Å²) in [6.07, 6.45) is 3.55. The molecule has 22 heavy (non-hydrogen) atoms. The summed E-state index contributed by atoms with van der Waals surface area (Å²) in [4.78, 5) is 22.3. The SMILES string of the molecule is Cc1cc(NC(=O)NC2CCC(CO)CC2)ccc1[N+](=O)[O-]. The molecule has 7 heteroatoms. The van der Waals surface area contributed by atoms with Crippen LogP contribution in [0.3, 0.4) is 0 Å². The molecule has 0 atom stereocenters. The Balaban J connectivity index is 1.87. The molecule has 120 valence electrons. The number of carbonyl (C=O) groups excluding carboxylic acids is 1. The summed E-state index contributed by atoms with van der Waals surface area (Å²) in [7, 11) is 0. The highest BCUT2D eigenvalue weighted by molar-refractivity contribution is 5.89. The summed E-state index contributed by atoms with van der Waals surface area (Å²) in [6, 6.07) is 4.30. The third-order valence-corrected chi connectivity index (χ3v) is 4.09. The van der Waals surface area contributed by atoms with Crippen molar-refractivity contribution in [2.45, 2.75) is 38.6 Å². The van der Waals surface area contributed by atoms with E-state index in [0.29, 0.717) is 17.2 Å². The van der Waals surface area contributed by atoms with Crippen molar-refractivity contribution in [2.24, 2.45) is 5.92 Å². The third kappa shape index (κ3) is 4.17. The number of rotatable bonds is 4. The number of hydrogen-bond acceptors (Lipinski definition) is 4. The highest BCUT2D eigenvalue weighted by atomic mass is 16.6. The van der Waals surface area contributed by atoms with E-state index in [1.807, 2.05) is 0 Å². The molecule has 2 amide bonds. The molecule has 0 heterocycles. The molecule has 0 saturated heterocycles. The Morgan fingerprint density at radius 3 is 2.59 bits per heavy atom. The van der Waals surface area contributed by atoms with Crippen LogP contribution in [0.15, 0.2) is 18.2 Å². The molecule has 0 bridgehead atoms. The number of aryl methyl sites for hydroxylation is 1. The maximum absolute atomic E-state index is 12.0. The van der Waals surface area contributed by atoms with Gasteiger partial charge in [-0.05, 0) is 50.7 Å². The quantitative estimate of drug-likeness (QED) is 0.587. The van der Waals surface area contributed by atoms with Crippen molar-refractivity contribution in [1.82, 2.24) is 5.32 Å². The largest absolute Gasteiger partial charge is 0.396 e. The van der Waals surface area contributed by atoms with Crippen molar-refractivity contribution < 1.29 is 14.8 Å². The number of nitro groups is 1. The van der Waals surface area contributed by atoms with Crippen LogP contribution in [0.2, 0.25) is 0 Å². The Kier molecular flexibility index (Phi) is 5.32. The summed E-state index contributed by atoms with van der Waals surface area (Å²) >= 11 is 0. The number of aliphatic hydroxyl groups is 1. The van der Waals surface area contributed by atoms with Gasteiger partial charge < -0.3 is 15.7 Å². The van der Waals surface area contributed by atoms with Gasteiger partial charge in [-0.3, -0.25) is 10.1 Å². The first-order valence-electron chi connectivity index (χ1n) is 7.43. The Labute approximate surface area is 128 Å². The third-order valence-electron chi connectivity index (χ3n) is 4.09. The molecule has 0 aliphatic heterocycles. The standard InChI is InChI=1S/C15H21N3O4/c1-10-8-13(6-7-14(10)18(21)22)17-15(20)16-12-4-2-11(9-19)3-5-12/h6-8,11-12,19H,2-5,9H2,1H3,(H2,16,17,20). The second kappa shape index (κ2) is 7.22. The van der Waals surface area contributed by atoms with Gasteiger partial charge >= 0.3 is 6.03 Å². The topological polar surface area (TPSA) is 104 Å². The highest BCUT2D eigenvalue weighted by Gasteiger charge is 2.22. The van der Waals surface area contributed by atoms with E-state index in [2.05, 4.69) is 10.6 Å². The summed E-state index contributed by atoms with van der Waals surface area (Å²) in [5.74, 6) is 0.346. The van der Waals surface area contributed by atoms with Crippen molar-refractivity contribution in [1.29, 1.82) is 0 Å². The molecule has 0 spiro atoms. The Morgan fingerprint density at radius 2 is 2.05 bits per heavy atom. The number of hydrogen-bond donors (Lipinski definition) is 3. The lowest BCUT2D eigenvalue weighted by Gasteiger charge is -2.27. The molecule has 1 aliphatic rings. The van der Waals surface area contributed by atoms with Gasteiger partial charge in [0.1, 0.15) is 0 Å². The van der Waals surface area contributed by atoms with Gasteiger partial charge in [0.15, 0.2) is 0 Å². The van der Waals surface area contributed by atoms with Crippen molar-refractivity contribution in [3.63, 3.8) is 0 Å². The zero-order valence-corrected chi connectivity index (χ0v) is 12.5. The van der Waals surface area contributed by atoms with Gasteiger partial charge in [0.05, 0.1) is 4.92 Å². The first-order valence-corrected chi connectivity index (χ1v) is 7.43. The second-order valence-corrected chi connectivity index (χ2v) is 5.76. The smallest absolute Gasteiger partial charge is 0.319 e. The van der Waals surface area contributed by atoms with Crippen LogP contribution in [0.5, 0.6) is 0 Å². The van der Waals surface area contributed by atoms with Gasteiger partial charge in [-0.15, -0.1) is 0 Å². The van der Waals surface area contributed by atoms with Crippen molar-refractivity contribution in [2.75, 3.05) is 11.9 Å². The first kappa shape index (κ1) is 16.2. The molecule has 1 saturated carbocycles. The van der Waals surface area contributed by atoms with E-state index in [9.17, 15) is 14.9 Å². The van der Waals surface area contributed by atoms with Crippen LogP contribution < -0.4 is 10.6 Å². The van der Waals surface area contributed by atoms with Crippen LogP contribution in [0, 0.1) is 23.0 Å². The maximum atomic E-state index is 12.0. The number of urea groups is 1. The van der Waals surface area contributed by atoms with Crippen LogP contribution in [-0.2, 0) is 0 Å². The average molecular weight is 307 g/mol. The van der Waals surface area contributed by atoms with Crippen LogP contribution in [0.4, 0.5) is 16.2 Å². The molecule has 1 aliphatic carbocycles. The zero-order chi connectivity index (χ0) is 16.1. The Hall–Kier alpha value is -2.15. The van der Waals surface area contributed by atoms with Crippen molar-refractivity contribution >= 4 is 17.4 Å². The van der Waals surface area contributed by atoms with E-state index < -0.39 is 4.92 Å². The summed E-state index contributed by atoms with van der Waals surface area (Å²) in [5.41, 5.74) is 1.07. The number of benzene rings is 1. The van der Waals surface area contributed by atoms with Crippen LogP contribution in [-0.4, -0.2) is 28.7 Å².